The average molecular weight is 260 g/mol. The lowest BCUT2D eigenvalue weighted by Gasteiger charge is -2.26. The van der Waals surface area contributed by atoms with E-state index in [2.05, 4.69) is 21.0 Å². The van der Waals surface area contributed by atoms with E-state index < -0.39 is 0 Å². The molecule has 2 fully saturated rings. The fourth-order valence-corrected chi connectivity index (χ4v) is 1.79. The third-order valence-corrected chi connectivity index (χ3v) is 2.90. The minimum absolute atomic E-state index is 0.435. The summed E-state index contributed by atoms with van der Waals surface area (Å²) in [7, 11) is 0. The zero-order chi connectivity index (χ0) is 13.1. The molecule has 2 aliphatic rings. The number of nitrogens with zero attached hydrogens (tertiary/aromatic N) is 1. The number of nitrogens with one attached hydrogen (secondary N) is 3. The van der Waals surface area contributed by atoms with Crippen LogP contribution in [0.4, 0.5) is 0 Å². The van der Waals surface area contributed by atoms with Crippen molar-refractivity contribution in [3.8, 4) is 0 Å². The van der Waals surface area contributed by atoms with E-state index in [0.29, 0.717) is 25.9 Å². The molecule has 108 valence electrons. The number of rotatable bonds is 5. The van der Waals surface area contributed by atoms with E-state index in [1.807, 2.05) is 0 Å². The monoisotopic (exact) mass is 260 g/mol. The van der Waals surface area contributed by atoms with Gasteiger partial charge in [0.25, 0.3) is 0 Å². The molecular weight excluding hydrogens is 232 g/mol. The number of hydroxylamine groups is 1. The Morgan fingerprint density at radius 2 is 2.00 bits per heavy atom. The fourth-order valence-electron chi connectivity index (χ4n) is 1.79. The van der Waals surface area contributed by atoms with Gasteiger partial charge in [-0.05, 0) is 13.0 Å². The van der Waals surface area contributed by atoms with Crippen molar-refractivity contribution >= 4 is 0 Å². The highest BCUT2D eigenvalue weighted by atomic mass is 16.7. The molecular formula is C11H28N6O. The van der Waals surface area contributed by atoms with E-state index >= 15 is 0 Å². The van der Waals surface area contributed by atoms with Gasteiger partial charge in [-0.2, -0.15) is 5.48 Å². The zero-order valence-corrected chi connectivity index (χ0v) is 11.2. The highest BCUT2D eigenvalue weighted by molar-refractivity contribution is 4.72. The fraction of sp³-hybridized carbons (Fsp3) is 1.00. The first-order chi connectivity index (χ1) is 8.83. The highest BCUT2D eigenvalue weighted by Crippen LogP contribution is 1.90. The third kappa shape index (κ3) is 7.93. The third-order valence-electron chi connectivity index (χ3n) is 2.90. The van der Waals surface area contributed by atoms with Gasteiger partial charge >= 0.3 is 0 Å². The normalized spacial score (nSPS) is 24.7. The molecule has 0 aromatic rings. The van der Waals surface area contributed by atoms with Crippen LogP contribution in [0.1, 0.15) is 6.42 Å². The van der Waals surface area contributed by atoms with Crippen LogP contribution >= 0.6 is 0 Å². The standard InChI is InChI=1S/C7H18N4O.C4H10N2/c8-1-2-10-12-7-11-5-3-9-4-6-11;5-4-1-2-6-3-4/h9-10H,1-8H2;4,6H,1-3,5H2. The Labute approximate surface area is 110 Å². The molecule has 2 heterocycles. The van der Waals surface area contributed by atoms with Crippen LogP contribution in [0, 0.1) is 0 Å². The first-order valence-corrected chi connectivity index (χ1v) is 6.77. The molecule has 2 rings (SSSR count). The Morgan fingerprint density at radius 3 is 2.50 bits per heavy atom. The van der Waals surface area contributed by atoms with Gasteiger partial charge in [0, 0.05) is 51.9 Å². The average Bonchev–Trinajstić information content (AvgIpc) is 2.88. The van der Waals surface area contributed by atoms with E-state index in [0.717, 1.165) is 45.7 Å². The summed E-state index contributed by atoms with van der Waals surface area (Å²) in [6.07, 6.45) is 1.15. The van der Waals surface area contributed by atoms with Gasteiger partial charge in [-0.3, -0.25) is 9.74 Å². The van der Waals surface area contributed by atoms with Crippen molar-refractivity contribution in [2.24, 2.45) is 11.5 Å². The second kappa shape index (κ2) is 10.6. The van der Waals surface area contributed by atoms with Crippen LogP contribution in [-0.2, 0) is 4.84 Å². The molecule has 2 aliphatic heterocycles. The summed E-state index contributed by atoms with van der Waals surface area (Å²) < 4.78 is 0. The van der Waals surface area contributed by atoms with Crippen molar-refractivity contribution in [3.63, 3.8) is 0 Å². The molecule has 0 radical (unpaired) electrons. The zero-order valence-electron chi connectivity index (χ0n) is 11.2. The maximum atomic E-state index is 5.47. The van der Waals surface area contributed by atoms with Crippen molar-refractivity contribution in [1.29, 1.82) is 0 Å². The van der Waals surface area contributed by atoms with Gasteiger partial charge < -0.3 is 22.1 Å². The summed E-state index contributed by atoms with van der Waals surface area (Å²) in [5.74, 6) is 0. The molecule has 2 saturated heterocycles. The van der Waals surface area contributed by atoms with Crippen LogP contribution in [0.3, 0.4) is 0 Å². The van der Waals surface area contributed by atoms with Crippen molar-refractivity contribution in [2.75, 3.05) is 59.1 Å². The molecule has 1 unspecified atom stereocenters. The molecule has 7 N–H and O–H groups in total. The molecule has 0 spiro atoms. The Bertz CT molecular complexity index is 182. The van der Waals surface area contributed by atoms with E-state index in [-0.39, 0.29) is 0 Å². The molecule has 7 heteroatoms. The van der Waals surface area contributed by atoms with E-state index in [4.69, 9.17) is 16.3 Å². The van der Waals surface area contributed by atoms with Gasteiger partial charge in [0.1, 0.15) is 6.73 Å². The summed E-state index contributed by atoms with van der Waals surface area (Å²) in [6.45, 7) is 8.34. The predicted molar refractivity (Wildman–Crippen MR) is 72.9 cm³/mol. The van der Waals surface area contributed by atoms with Crippen LogP contribution < -0.4 is 27.6 Å². The van der Waals surface area contributed by atoms with Crippen molar-refractivity contribution in [3.05, 3.63) is 0 Å². The van der Waals surface area contributed by atoms with Gasteiger partial charge in [0.2, 0.25) is 0 Å². The van der Waals surface area contributed by atoms with Gasteiger partial charge in [-0.25, -0.2) is 0 Å². The SMILES string of the molecule is NC1CCNC1.NCCNOCN1CCNCC1. The van der Waals surface area contributed by atoms with Crippen LogP contribution in [0.2, 0.25) is 0 Å². The second-order valence-corrected chi connectivity index (χ2v) is 4.58. The first-order valence-electron chi connectivity index (χ1n) is 6.77. The lowest BCUT2D eigenvalue weighted by molar-refractivity contribution is -0.0357. The number of piperazine rings is 1. The number of hydrogen-bond acceptors (Lipinski definition) is 7. The van der Waals surface area contributed by atoms with Gasteiger partial charge in [0.05, 0.1) is 0 Å². The van der Waals surface area contributed by atoms with Crippen molar-refractivity contribution in [2.45, 2.75) is 12.5 Å². The Kier molecular flexibility index (Phi) is 9.31. The van der Waals surface area contributed by atoms with Gasteiger partial charge in [-0.1, -0.05) is 0 Å². The Hall–Kier alpha value is -0.280. The maximum absolute atomic E-state index is 5.47. The molecule has 1 atom stereocenters. The minimum Gasteiger partial charge on any atom is -0.329 e. The molecule has 0 aliphatic carbocycles. The smallest absolute Gasteiger partial charge is 0.121 e. The minimum atomic E-state index is 0.435. The van der Waals surface area contributed by atoms with Gasteiger partial charge in [0.15, 0.2) is 0 Å². The summed E-state index contributed by atoms with van der Waals surface area (Å²) in [6, 6.07) is 0.435. The van der Waals surface area contributed by atoms with Crippen LogP contribution in [0.5, 0.6) is 0 Å². The van der Waals surface area contributed by atoms with Crippen LogP contribution in [-0.4, -0.2) is 70.0 Å². The number of hydrogen-bond donors (Lipinski definition) is 5. The lowest BCUT2D eigenvalue weighted by atomic mass is 10.3. The molecule has 0 amide bonds. The maximum Gasteiger partial charge on any atom is 0.121 e. The van der Waals surface area contributed by atoms with E-state index in [1.54, 1.807) is 0 Å². The van der Waals surface area contributed by atoms with E-state index in [9.17, 15) is 0 Å². The predicted octanol–water partition coefficient (Wildman–Crippen LogP) is -2.36. The van der Waals surface area contributed by atoms with Crippen molar-refractivity contribution in [1.82, 2.24) is 21.0 Å². The lowest BCUT2D eigenvalue weighted by Crippen LogP contribution is -2.45. The van der Waals surface area contributed by atoms with E-state index in [1.165, 1.54) is 0 Å². The Balaban J connectivity index is 0.000000225. The topological polar surface area (TPSA) is 101 Å². The molecule has 0 bridgehead atoms. The first kappa shape index (κ1) is 15.8. The highest BCUT2D eigenvalue weighted by Gasteiger charge is 2.08. The molecule has 18 heavy (non-hydrogen) atoms. The second-order valence-electron chi connectivity index (χ2n) is 4.58. The van der Waals surface area contributed by atoms with Crippen LogP contribution in [0.15, 0.2) is 0 Å². The molecule has 0 aromatic carbocycles. The largest absolute Gasteiger partial charge is 0.329 e. The van der Waals surface area contributed by atoms with Gasteiger partial charge in [-0.15, -0.1) is 0 Å². The molecule has 7 nitrogen and oxygen atoms in total. The summed E-state index contributed by atoms with van der Waals surface area (Å²) in [4.78, 5) is 7.43. The molecule has 0 aromatic heterocycles. The molecule has 0 saturated carbocycles. The Morgan fingerprint density at radius 1 is 1.22 bits per heavy atom. The quantitative estimate of drug-likeness (QED) is 0.278. The number of nitrogens with two attached hydrogens (primary N) is 2. The van der Waals surface area contributed by atoms with Crippen LogP contribution in [0.25, 0.3) is 0 Å². The summed E-state index contributed by atoms with van der Waals surface area (Å²) in [5.41, 5.74) is 13.5. The van der Waals surface area contributed by atoms with Crippen molar-refractivity contribution < 1.29 is 4.84 Å². The summed E-state index contributed by atoms with van der Waals surface area (Å²) >= 11 is 0. The summed E-state index contributed by atoms with van der Waals surface area (Å²) in [5, 5.41) is 6.43.